The number of nitrogens with zero attached hydrogens (tertiary/aromatic N) is 1. The first kappa shape index (κ1) is 22.2. The first-order chi connectivity index (χ1) is 14.4. The molecule has 6 nitrogen and oxygen atoms in total. The molecule has 0 atom stereocenters. The molecule has 0 aliphatic carbocycles. The quantitative estimate of drug-likeness (QED) is 0.245. The van der Waals surface area contributed by atoms with Crippen LogP contribution in [0.15, 0.2) is 48.0 Å². The third-order valence-electron chi connectivity index (χ3n) is 4.68. The number of halogens is 1. The summed E-state index contributed by atoms with van der Waals surface area (Å²) in [6.45, 7) is 6.26. The summed E-state index contributed by atoms with van der Waals surface area (Å²) in [5, 5.41) is 4.91. The number of carbonyl (C=O) groups excluding carboxylic acids is 2. The van der Waals surface area contributed by atoms with E-state index >= 15 is 0 Å². The van der Waals surface area contributed by atoms with Gasteiger partial charge in [-0.3, -0.25) is 20.2 Å². The van der Waals surface area contributed by atoms with Gasteiger partial charge in [0.2, 0.25) is 0 Å². The molecule has 1 heterocycles. The molecule has 2 aromatic carbocycles. The predicted molar refractivity (Wildman–Crippen MR) is 130 cm³/mol. The van der Waals surface area contributed by atoms with E-state index in [9.17, 15) is 9.59 Å². The van der Waals surface area contributed by atoms with Crippen LogP contribution in [0.4, 0.5) is 5.69 Å². The second-order valence-corrected chi connectivity index (χ2v) is 8.26. The molecule has 0 unspecified atom stereocenters. The van der Waals surface area contributed by atoms with Crippen molar-refractivity contribution in [1.82, 2.24) is 10.6 Å². The molecule has 156 valence electrons. The van der Waals surface area contributed by atoms with E-state index in [-0.39, 0.29) is 10.7 Å². The van der Waals surface area contributed by atoms with E-state index in [2.05, 4.69) is 52.0 Å². The minimum absolute atomic E-state index is 0.00853. The van der Waals surface area contributed by atoms with Crippen molar-refractivity contribution < 1.29 is 14.3 Å². The van der Waals surface area contributed by atoms with Crippen LogP contribution in [0.2, 0.25) is 0 Å². The smallest absolute Gasteiger partial charge is 0.263 e. The van der Waals surface area contributed by atoms with Gasteiger partial charge in [-0.1, -0.05) is 12.1 Å². The SMILES string of the molecule is CCN(CC)c1ccc(C=C2C(=O)NC(=S)NC2=O)c(OCc2ccc(I)cc2)c1. The summed E-state index contributed by atoms with van der Waals surface area (Å²) in [5.74, 6) is -0.459. The molecule has 8 heteroatoms. The van der Waals surface area contributed by atoms with E-state index in [1.807, 2.05) is 42.5 Å². The first-order valence-corrected chi connectivity index (χ1v) is 11.0. The highest BCUT2D eigenvalue weighted by Crippen LogP contribution is 2.29. The van der Waals surface area contributed by atoms with Crippen LogP contribution in [-0.4, -0.2) is 30.0 Å². The molecule has 1 fully saturated rings. The molecule has 1 aliphatic heterocycles. The standard InChI is InChI=1S/C22H22IN3O3S/c1-3-26(4-2)17-10-7-15(11-18-20(27)24-22(30)25-21(18)28)19(12-17)29-13-14-5-8-16(23)9-6-14/h5-12H,3-4,13H2,1-2H3,(H2,24,25,27,28,30). The van der Waals surface area contributed by atoms with E-state index in [0.717, 1.165) is 27.9 Å². The van der Waals surface area contributed by atoms with Crippen LogP contribution in [0.1, 0.15) is 25.0 Å². The van der Waals surface area contributed by atoms with Crippen molar-refractivity contribution in [3.8, 4) is 5.75 Å². The molecular weight excluding hydrogens is 513 g/mol. The molecule has 0 radical (unpaired) electrons. The van der Waals surface area contributed by atoms with E-state index < -0.39 is 11.8 Å². The van der Waals surface area contributed by atoms with Crippen molar-refractivity contribution in [2.75, 3.05) is 18.0 Å². The summed E-state index contributed by atoms with van der Waals surface area (Å²) >= 11 is 7.12. The molecule has 0 aromatic heterocycles. The van der Waals surface area contributed by atoms with Gasteiger partial charge < -0.3 is 9.64 Å². The van der Waals surface area contributed by atoms with Gasteiger partial charge in [-0.2, -0.15) is 0 Å². The van der Waals surface area contributed by atoms with Gasteiger partial charge in [0.15, 0.2) is 5.11 Å². The average molecular weight is 535 g/mol. The van der Waals surface area contributed by atoms with E-state index in [4.69, 9.17) is 17.0 Å². The Morgan fingerprint density at radius 2 is 1.67 bits per heavy atom. The Balaban J connectivity index is 1.95. The molecule has 2 N–H and O–H groups in total. The van der Waals surface area contributed by atoms with Gasteiger partial charge in [0.05, 0.1) is 0 Å². The second-order valence-electron chi connectivity index (χ2n) is 6.60. The number of anilines is 1. The summed E-state index contributed by atoms with van der Waals surface area (Å²) in [6.07, 6.45) is 1.53. The van der Waals surface area contributed by atoms with E-state index in [1.54, 1.807) is 0 Å². The minimum Gasteiger partial charge on any atom is -0.488 e. The zero-order chi connectivity index (χ0) is 21.7. The van der Waals surface area contributed by atoms with E-state index in [1.165, 1.54) is 6.08 Å². The molecule has 0 spiro atoms. The highest BCUT2D eigenvalue weighted by Gasteiger charge is 2.26. The Bertz CT molecular complexity index is 979. The van der Waals surface area contributed by atoms with Crippen molar-refractivity contribution in [2.45, 2.75) is 20.5 Å². The van der Waals surface area contributed by atoms with Crippen molar-refractivity contribution in [2.24, 2.45) is 0 Å². The lowest BCUT2D eigenvalue weighted by atomic mass is 10.1. The first-order valence-electron chi connectivity index (χ1n) is 9.55. The number of benzene rings is 2. The molecule has 0 saturated carbocycles. The summed E-state index contributed by atoms with van der Waals surface area (Å²) in [4.78, 5) is 26.7. The van der Waals surface area contributed by atoms with Crippen LogP contribution in [0.3, 0.4) is 0 Å². The number of nitrogens with one attached hydrogen (secondary N) is 2. The fourth-order valence-corrected chi connectivity index (χ4v) is 3.60. The zero-order valence-electron chi connectivity index (χ0n) is 16.7. The molecule has 30 heavy (non-hydrogen) atoms. The number of carbonyl (C=O) groups is 2. The number of hydrogen-bond donors (Lipinski definition) is 2. The Hall–Kier alpha value is -2.46. The lowest BCUT2D eigenvalue weighted by molar-refractivity contribution is -0.123. The summed E-state index contributed by atoms with van der Waals surface area (Å²) in [7, 11) is 0. The Kier molecular flexibility index (Phi) is 7.43. The second kappa shape index (κ2) is 10.0. The zero-order valence-corrected chi connectivity index (χ0v) is 19.7. The number of rotatable bonds is 7. The maximum atomic E-state index is 12.2. The van der Waals surface area contributed by atoms with Crippen LogP contribution in [0, 0.1) is 3.57 Å². The maximum Gasteiger partial charge on any atom is 0.263 e. The third-order valence-corrected chi connectivity index (χ3v) is 5.60. The topological polar surface area (TPSA) is 70.7 Å². The number of hydrogen-bond acceptors (Lipinski definition) is 5. The minimum atomic E-state index is -0.528. The van der Waals surface area contributed by atoms with E-state index in [0.29, 0.717) is 17.9 Å². The normalized spacial score (nSPS) is 13.6. The molecule has 2 aromatic rings. The summed E-state index contributed by atoms with van der Waals surface area (Å²) in [5.41, 5.74) is 2.67. The molecule has 3 rings (SSSR count). The van der Waals surface area contributed by atoms with Crippen LogP contribution in [0.25, 0.3) is 6.08 Å². The van der Waals surface area contributed by atoms with Crippen LogP contribution in [-0.2, 0) is 16.2 Å². The van der Waals surface area contributed by atoms with Crippen molar-refractivity contribution in [1.29, 1.82) is 0 Å². The number of amides is 2. The highest BCUT2D eigenvalue weighted by molar-refractivity contribution is 14.1. The van der Waals surface area contributed by atoms with Crippen molar-refractivity contribution >= 4 is 63.5 Å². The predicted octanol–water partition coefficient (Wildman–Crippen LogP) is 3.63. The van der Waals surface area contributed by atoms with Gasteiger partial charge in [-0.05, 0) is 84.6 Å². The Labute approximate surface area is 194 Å². The van der Waals surface area contributed by atoms with Gasteiger partial charge in [-0.15, -0.1) is 0 Å². The molecule has 2 amide bonds. The van der Waals surface area contributed by atoms with Crippen LogP contribution >= 0.6 is 34.8 Å². The number of thiocarbonyl (C=S) groups is 1. The maximum absolute atomic E-state index is 12.2. The molecule has 1 saturated heterocycles. The van der Waals surface area contributed by atoms with Crippen LogP contribution in [0.5, 0.6) is 5.75 Å². The highest BCUT2D eigenvalue weighted by atomic mass is 127. The molecular formula is C22H22IN3O3S. The van der Waals surface area contributed by atoms with Gasteiger partial charge in [-0.25, -0.2) is 0 Å². The fourth-order valence-electron chi connectivity index (χ4n) is 3.06. The van der Waals surface area contributed by atoms with Crippen molar-refractivity contribution in [3.63, 3.8) is 0 Å². The van der Waals surface area contributed by atoms with Crippen LogP contribution < -0.4 is 20.3 Å². The van der Waals surface area contributed by atoms with Gasteiger partial charge in [0.25, 0.3) is 11.8 Å². The lowest BCUT2D eigenvalue weighted by Gasteiger charge is -2.23. The van der Waals surface area contributed by atoms with Crippen molar-refractivity contribution in [3.05, 3.63) is 62.7 Å². The molecule has 0 bridgehead atoms. The Morgan fingerprint density at radius 1 is 1.03 bits per heavy atom. The summed E-state index contributed by atoms with van der Waals surface area (Å²) < 4.78 is 7.26. The monoisotopic (exact) mass is 535 g/mol. The average Bonchev–Trinajstić information content (AvgIpc) is 2.72. The Morgan fingerprint density at radius 3 is 2.27 bits per heavy atom. The van der Waals surface area contributed by atoms with Gasteiger partial charge in [0.1, 0.15) is 17.9 Å². The largest absolute Gasteiger partial charge is 0.488 e. The third kappa shape index (κ3) is 5.37. The fraction of sp³-hybridized carbons (Fsp3) is 0.227. The summed E-state index contributed by atoms with van der Waals surface area (Å²) in [6, 6.07) is 13.8. The van der Waals surface area contributed by atoms with Gasteiger partial charge >= 0.3 is 0 Å². The lowest BCUT2D eigenvalue weighted by Crippen LogP contribution is -2.51. The molecule has 1 aliphatic rings. The number of ether oxygens (including phenoxy) is 1. The van der Waals surface area contributed by atoms with Gasteiger partial charge in [0, 0.05) is 34.0 Å².